The number of thiophene rings is 1. The highest BCUT2D eigenvalue weighted by molar-refractivity contribution is 7.12. The Labute approximate surface area is 234 Å². The van der Waals surface area contributed by atoms with E-state index in [-0.39, 0.29) is 17.2 Å². The number of para-hydroxylation sites is 1. The topological polar surface area (TPSA) is 38.1 Å². The van der Waals surface area contributed by atoms with Gasteiger partial charge in [0.25, 0.3) is 0 Å². The maximum atomic E-state index is 13.9. The quantitative estimate of drug-likeness (QED) is 0.180. The van der Waals surface area contributed by atoms with Crippen LogP contribution in [0.2, 0.25) is 0 Å². The van der Waals surface area contributed by atoms with E-state index in [9.17, 15) is 4.79 Å². The van der Waals surface area contributed by atoms with Crippen molar-refractivity contribution in [3.05, 3.63) is 137 Å². The summed E-state index contributed by atoms with van der Waals surface area (Å²) in [6.07, 6.45) is 7.05. The molecule has 0 unspecified atom stereocenters. The fraction of sp³-hybridized carbons (Fsp3) is 0.235. The van der Waals surface area contributed by atoms with E-state index in [1.165, 1.54) is 22.4 Å². The van der Waals surface area contributed by atoms with Crippen molar-refractivity contribution in [2.24, 2.45) is 0 Å². The van der Waals surface area contributed by atoms with Crippen molar-refractivity contribution in [2.45, 2.75) is 44.1 Å². The molecule has 39 heavy (non-hydrogen) atoms. The zero-order valence-electron chi connectivity index (χ0n) is 22.2. The summed E-state index contributed by atoms with van der Waals surface area (Å²) in [5.41, 5.74) is 4.61. The van der Waals surface area contributed by atoms with E-state index < -0.39 is 0 Å². The van der Waals surface area contributed by atoms with Crippen molar-refractivity contribution >= 4 is 22.8 Å². The number of aromatic nitrogens is 2. The lowest BCUT2D eigenvalue weighted by molar-refractivity contribution is 0.0956. The smallest absolute Gasteiger partial charge is 0.199 e. The predicted octanol–water partition coefficient (Wildman–Crippen LogP) is 8.24. The van der Waals surface area contributed by atoms with E-state index in [1.54, 1.807) is 17.5 Å². The number of carbonyl (C=O) groups is 1. The Hall–Kier alpha value is -3.96. The molecule has 0 radical (unpaired) electrons. The summed E-state index contributed by atoms with van der Waals surface area (Å²) in [5.74, 6) is 0.624. The van der Waals surface area contributed by atoms with E-state index in [2.05, 4.69) is 102 Å². The molecule has 0 amide bonds. The van der Waals surface area contributed by atoms with Gasteiger partial charge in [-0.3, -0.25) is 9.36 Å². The van der Waals surface area contributed by atoms with Gasteiger partial charge in [-0.25, -0.2) is 4.98 Å². The lowest BCUT2D eigenvalue weighted by atomic mass is 9.68. The normalized spacial score (nSPS) is 16.1. The van der Waals surface area contributed by atoms with E-state index in [0.29, 0.717) is 12.2 Å². The third kappa shape index (κ3) is 4.61. The van der Waals surface area contributed by atoms with Gasteiger partial charge in [0.15, 0.2) is 11.6 Å². The summed E-state index contributed by atoms with van der Waals surface area (Å²) < 4.78 is 1.93. The number of anilines is 1. The highest BCUT2D eigenvalue weighted by Gasteiger charge is 2.47. The van der Waals surface area contributed by atoms with Crippen molar-refractivity contribution < 1.29 is 4.79 Å². The summed E-state index contributed by atoms with van der Waals surface area (Å²) in [5, 5.41) is 3.04. The maximum Gasteiger partial charge on any atom is 0.199 e. The van der Waals surface area contributed by atoms with Crippen molar-refractivity contribution in [2.75, 3.05) is 11.4 Å². The molecule has 1 atom stereocenters. The van der Waals surface area contributed by atoms with Gasteiger partial charge in [0, 0.05) is 31.0 Å². The van der Waals surface area contributed by atoms with Gasteiger partial charge in [0.1, 0.15) is 5.00 Å². The van der Waals surface area contributed by atoms with Gasteiger partial charge in [0.2, 0.25) is 0 Å². The van der Waals surface area contributed by atoms with Gasteiger partial charge in [-0.15, -0.1) is 11.3 Å². The molecule has 6 rings (SSSR count). The fourth-order valence-electron chi connectivity index (χ4n) is 6.22. The Balaban J connectivity index is 1.49. The molecule has 5 heteroatoms. The van der Waals surface area contributed by atoms with Crippen LogP contribution in [0.15, 0.2) is 115 Å². The number of unbranched alkanes of at least 4 members (excludes halogenated alkanes) is 1. The first kappa shape index (κ1) is 25.3. The number of carbonyl (C=O) groups excluding carboxylic acids is 1. The van der Waals surface area contributed by atoms with Crippen LogP contribution in [0.25, 0.3) is 5.00 Å². The van der Waals surface area contributed by atoms with E-state index in [1.807, 2.05) is 28.3 Å². The first-order valence-corrected chi connectivity index (χ1v) is 14.7. The summed E-state index contributed by atoms with van der Waals surface area (Å²) in [6.45, 7) is 3.19. The molecule has 0 bridgehead atoms. The zero-order valence-corrected chi connectivity index (χ0v) is 23.1. The summed E-state index contributed by atoms with van der Waals surface area (Å²) >= 11 is 1.61. The van der Waals surface area contributed by atoms with Crippen LogP contribution in [0.1, 0.15) is 65.8 Å². The molecule has 1 aliphatic heterocycles. The number of hydrogen-bond donors (Lipinski definition) is 0. The van der Waals surface area contributed by atoms with Crippen molar-refractivity contribution in [1.29, 1.82) is 0 Å². The highest BCUT2D eigenvalue weighted by atomic mass is 32.1. The minimum atomic E-state index is -0.389. The minimum Gasteiger partial charge on any atom is -0.357 e. The fourth-order valence-corrected chi connectivity index (χ4v) is 6.94. The minimum absolute atomic E-state index is 0.0421. The SMILES string of the molecule is CCCCN1c2ccccc2[C@@H](CC(=O)c2nccn2-c2cccs2)CC1(c1ccccc1)c1ccccc1. The summed E-state index contributed by atoms with van der Waals surface area (Å²) in [4.78, 5) is 21.1. The average molecular weight is 532 g/mol. The molecule has 0 aliphatic carbocycles. The molecule has 196 valence electrons. The summed E-state index contributed by atoms with van der Waals surface area (Å²) in [7, 11) is 0. The van der Waals surface area contributed by atoms with Gasteiger partial charge in [-0.05, 0) is 59.0 Å². The Morgan fingerprint density at radius 3 is 2.28 bits per heavy atom. The summed E-state index contributed by atoms with van der Waals surface area (Å²) in [6, 6.07) is 34.5. The van der Waals surface area contributed by atoms with Crippen LogP contribution in [0.3, 0.4) is 0 Å². The van der Waals surface area contributed by atoms with Crippen molar-refractivity contribution in [1.82, 2.24) is 9.55 Å². The van der Waals surface area contributed by atoms with Crippen LogP contribution < -0.4 is 4.90 Å². The van der Waals surface area contributed by atoms with Crippen molar-refractivity contribution in [3.8, 4) is 5.00 Å². The molecule has 1 aliphatic rings. The van der Waals surface area contributed by atoms with Crippen LogP contribution in [0.4, 0.5) is 5.69 Å². The van der Waals surface area contributed by atoms with E-state index >= 15 is 0 Å². The largest absolute Gasteiger partial charge is 0.357 e. The van der Waals surface area contributed by atoms with Gasteiger partial charge in [-0.1, -0.05) is 92.2 Å². The second-order valence-corrected chi connectivity index (χ2v) is 11.2. The number of imidazole rings is 1. The number of Topliss-reactive ketones (excluding diaryl/α,β-unsaturated/α-hetero) is 1. The average Bonchev–Trinajstić information content (AvgIpc) is 3.70. The molecule has 3 heterocycles. The van der Waals surface area contributed by atoms with Crippen LogP contribution in [-0.4, -0.2) is 21.9 Å². The maximum absolute atomic E-state index is 13.9. The second-order valence-electron chi connectivity index (χ2n) is 10.3. The number of benzene rings is 3. The van der Waals surface area contributed by atoms with Crippen LogP contribution >= 0.6 is 11.3 Å². The molecule has 3 aromatic carbocycles. The van der Waals surface area contributed by atoms with Gasteiger partial charge < -0.3 is 4.90 Å². The third-order valence-electron chi connectivity index (χ3n) is 7.97. The number of nitrogens with zero attached hydrogens (tertiary/aromatic N) is 3. The van der Waals surface area contributed by atoms with E-state index in [4.69, 9.17) is 0 Å². The first-order valence-electron chi connectivity index (χ1n) is 13.8. The molecule has 0 spiro atoms. The number of rotatable bonds is 9. The monoisotopic (exact) mass is 531 g/mol. The van der Waals surface area contributed by atoms with E-state index in [0.717, 1.165) is 30.8 Å². The Morgan fingerprint density at radius 1 is 0.923 bits per heavy atom. The highest BCUT2D eigenvalue weighted by Crippen LogP contribution is 2.53. The first-order chi connectivity index (χ1) is 19.2. The third-order valence-corrected chi connectivity index (χ3v) is 8.84. The Kier molecular flexibility index (Phi) is 7.16. The van der Waals surface area contributed by atoms with Crippen LogP contribution in [-0.2, 0) is 5.54 Å². The van der Waals surface area contributed by atoms with Crippen molar-refractivity contribution in [3.63, 3.8) is 0 Å². The number of ketones is 1. The molecular formula is C34H33N3OS. The van der Waals surface area contributed by atoms with Gasteiger partial charge in [-0.2, -0.15) is 0 Å². The molecular weight excluding hydrogens is 498 g/mol. The number of hydrogen-bond acceptors (Lipinski definition) is 4. The Bertz CT molecular complexity index is 1490. The van der Waals surface area contributed by atoms with Gasteiger partial charge in [0.05, 0.1) is 5.54 Å². The predicted molar refractivity (Wildman–Crippen MR) is 160 cm³/mol. The lowest BCUT2D eigenvalue weighted by Crippen LogP contribution is -2.52. The molecule has 0 N–H and O–H groups in total. The second kappa shape index (κ2) is 11.0. The molecule has 0 saturated carbocycles. The Morgan fingerprint density at radius 2 is 1.62 bits per heavy atom. The lowest BCUT2D eigenvalue weighted by Gasteiger charge is -2.52. The molecule has 4 nitrogen and oxygen atoms in total. The number of fused-ring (bicyclic) bond motifs is 1. The zero-order chi connectivity index (χ0) is 26.7. The van der Waals surface area contributed by atoms with Gasteiger partial charge >= 0.3 is 0 Å². The molecule has 0 fully saturated rings. The molecule has 0 saturated heterocycles. The standard InChI is InChI=1S/C34H33N3OS/c1-2-3-21-37-30-18-11-10-17-29(30)26(24-31(38)33-35-20-22-36(33)32-19-12-23-39-32)25-34(37,27-13-6-4-7-14-27)28-15-8-5-9-16-28/h4-20,22-23,26H,2-3,21,24-25H2,1H3/t26-/m0/s1. The van der Waals surface area contributed by atoms with Crippen LogP contribution in [0, 0.1) is 0 Å². The van der Waals surface area contributed by atoms with Crippen LogP contribution in [0.5, 0.6) is 0 Å². The molecule has 2 aromatic heterocycles. The molecule has 5 aromatic rings.